The number of likely N-dealkylation sites (tertiary alicyclic amines) is 1. The van der Waals surface area contributed by atoms with Gasteiger partial charge in [-0.25, -0.2) is 4.98 Å². The molecule has 1 aromatic heterocycles. The molecule has 0 saturated carbocycles. The Labute approximate surface area is 186 Å². The van der Waals surface area contributed by atoms with Gasteiger partial charge in [0.05, 0.1) is 6.04 Å². The van der Waals surface area contributed by atoms with E-state index < -0.39 is 24.0 Å². The minimum Gasteiger partial charge on any atom is -0.446 e. The van der Waals surface area contributed by atoms with E-state index in [0.717, 1.165) is 6.42 Å². The Morgan fingerprint density at radius 2 is 2.06 bits per heavy atom. The summed E-state index contributed by atoms with van der Waals surface area (Å²) in [5.41, 5.74) is 0.767. The van der Waals surface area contributed by atoms with Gasteiger partial charge in [0.2, 0.25) is 17.7 Å². The molecule has 1 saturated heterocycles. The van der Waals surface area contributed by atoms with Gasteiger partial charge in [-0.3, -0.25) is 14.4 Å². The van der Waals surface area contributed by atoms with Gasteiger partial charge in [-0.15, -0.1) is 12.3 Å². The van der Waals surface area contributed by atoms with Gasteiger partial charge in [0.1, 0.15) is 18.3 Å². The van der Waals surface area contributed by atoms with Gasteiger partial charge < -0.3 is 25.3 Å². The monoisotopic (exact) mass is 437 g/mol. The van der Waals surface area contributed by atoms with E-state index in [4.69, 9.17) is 10.8 Å². The van der Waals surface area contributed by atoms with Crippen molar-refractivity contribution in [1.82, 2.24) is 20.5 Å². The summed E-state index contributed by atoms with van der Waals surface area (Å²) in [5.74, 6) is 1.73. The summed E-state index contributed by atoms with van der Waals surface area (Å²) in [5, 5.41) is 8.30. The predicted molar refractivity (Wildman–Crippen MR) is 118 cm³/mol. The molecule has 0 bridgehead atoms. The molecule has 9 heteroatoms. The van der Waals surface area contributed by atoms with E-state index >= 15 is 0 Å². The van der Waals surface area contributed by atoms with E-state index in [1.807, 2.05) is 18.2 Å². The van der Waals surface area contributed by atoms with Crippen molar-refractivity contribution in [3.05, 3.63) is 48.2 Å². The number of likely N-dealkylation sites (N-methyl/N-ethyl adjacent to an activating group) is 1. The molecule has 32 heavy (non-hydrogen) atoms. The van der Waals surface area contributed by atoms with Crippen LogP contribution in [0.1, 0.15) is 48.6 Å². The van der Waals surface area contributed by atoms with Crippen LogP contribution in [0.5, 0.6) is 0 Å². The van der Waals surface area contributed by atoms with Gasteiger partial charge in [0.25, 0.3) is 5.91 Å². The number of nitrogens with zero attached hydrogens (tertiary/aromatic N) is 2. The van der Waals surface area contributed by atoms with Crippen LogP contribution in [0.3, 0.4) is 0 Å². The molecule has 1 fully saturated rings. The number of benzene rings is 1. The SMILES string of the molecule is C#CC[C@H](NC(=O)[C@H](C)NC)C(=O)N1CCC[C@H]1c1nc(C(=O)Nc2ccccc2)co1. The number of anilines is 1. The van der Waals surface area contributed by atoms with Crippen molar-refractivity contribution in [3.63, 3.8) is 0 Å². The summed E-state index contributed by atoms with van der Waals surface area (Å²) in [6.07, 6.45) is 8.16. The van der Waals surface area contributed by atoms with Crippen LogP contribution in [0.15, 0.2) is 41.0 Å². The van der Waals surface area contributed by atoms with Crippen LogP contribution in [0, 0.1) is 12.3 Å². The number of terminal acetylenes is 1. The van der Waals surface area contributed by atoms with E-state index in [1.54, 1.807) is 31.0 Å². The van der Waals surface area contributed by atoms with Crippen LogP contribution >= 0.6 is 0 Å². The number of rotatable bonds is 8. The molecule has 168 valence electrons. The maximum atomic E-state index is 13.2. The van der Waals surface area contributed by atoms with Gasteiger partial charge in [-0.05, 0) is 38.9 Å². The van der Waals surface area contributed by atoms with Crippen LogP contribution in [-0.4, -0.2) is 53.3 Å². The molecule has 0 unspecified atom stereocenters. The van der Waals surface area contributed by atoms with E-state index in [9.17, 15) is 14.4 Å². The summed E-state index contributed by atoms with van der Waals surface area (Å²) < 4.78 is 5.56. The normalized spacial score (nSPS) is 17.3. The smallest absolute Gasteiger partial charge is 0.277 e. The molecule has 0 radical (unpaired) electrons. The lowest BCUT2D eigenvalue weighted by Crippen LogP contribution is -2.52. The molecule has 1 aliphatic rings. The molecule has 3 N–H and O–H groups in total. The first-order valence-corrected chi connectivity index (χ1v) is 10.5. The second kappa shape index (κ2) is 10.6. The molecule has 3 amide bonds. The number of hydrogen-bond acceptors (Lipinski definition) is 6. The van der Waals surface area contributed by atoms with Gasteiger partial charge in [-0.1, -0.05) is 18.2 Å². The van der Waals surface area contributed by atoms with Gasteiger partial charge in [-0.2, -0.15) is 0 Å². The second-order valence-electron chi connectivity index (χ2n) is 7.56. The molecule has 0 spiro atoms. The average Bonchev–Trinajstić information content (AvgIpc) is 3.48. The summed E-state index contributed by atoms with van der Waals surface area (Å²) in [4.78, 5) is 43.9. The van der Waals surface area contributed by atoms with Crippen LogP contribution in [0.25, 0.3) is 0 Å². The highest BCUT2D eigenvalue weighted by molar-refractivity contribution is 6.02. The number of nitrogens with one attached hydrogen (secondary N) is 3. The van der Waals surface area contributed by atoms with E-state index in [1.165, 1.54) is 6.26 Å². The number of oxazole rings is 1. The minimum atomic E-state index is -0.847. The number of amides is 3. The Kier molecular flexibility index (Phi) is 7.63. The summed E-state index contributed by atoms with van der Waals surface area (Å²) in [6, 6.07) is 7.28. The first-order chi connectivity index (χ1) is 15.4. The maximum absolute atomic E-state index is 13.2. The zero-order chi connectivity index (χ0) is 23.1. The second-order valence-corrected chi connectivity index (χ2v) is 7.56. The lowest BCUT2D eigenvalue weighted by molar-refractivity contribution is -0.137. The van der Waals surface area contributed by atoms with E-state index in [0.29, 0.717) is 18.7 Å². The summed E-state index contributed by atoms with van der Waals surface area (Å²) in [7, 11) is 1.66. The highest BCUT2D eigenvalue weighted by atomic mass is 16.3. The lowest BCUT2D eigenvalue weighted by atomic mass is 10.1. The number of para-hydroxylation sites is 1. The third-order valence-electron chi connectivity index (χ3n) is 5.37. The Morgan fingerprint density at radius 3 is 2.75 bits per heavy atom. The average molecular weight is 438 g/mol. The molecule has 3 rings (SSSR count). The van der Waals surface area contributed by atoms with Crippen molar-refractivity contribution in [3.8, 4) is 12.3 Å². The van der Waals surface area contributed by atoms with E-state index in [-0.39, 0.29) is 29.8 Å². The molecular weight excluding hydrogens is 410 g/mol. The summed E-state index contributed by atoms with van der Waals surface area (Å²) in [6.45, 7) is 2.18. The predicted octanol–water partition coefficient (Wildman–Crippen LogP) is 1.71. The van der Waals surface area contributed by atoms with Crippen molar-refractivity contribution >= 4 is 23.4 Å². The van der Waals surface area contributed by atoms with Gasteiger partial charge in [0, 0.05) is 18.7 Å². The van der Waals surface area contributed by atoms with Gasteiger partial charge >= 0.3 is 0 Å². The molecule has 9 nitrogen and oxygen atoms in total. The zero-order valence-electron chi connectivity index (χ0n) is 18.1. The van der Waals surface area contributed by atoms with Crippen molar-refractivity contribution < 1.29 is 18.8 Å². The topological polar surface area (TPSA) is 117 Å². The van der Waals surface area contributed by atoms with Crippen LogP contribution in [0.4, 0.5) is 5.69 Å². The molecule has 1 aromatic carbocycles. The fourth-order valence-electron chi connectivity index (χ4n) is 3.49. The van der Waals surface area contributed by atoms with Crippen molar-refractivity contribution in [2.24, 2.45) is 0 Å². The highest BCUT2D eigenvalue weighted by Gasteiger charge is 2.37. The number of aromatic nitrogens is 1. The highest BCUT2D eigenvalue weighted by Crippen LogP contribution is 2.32. The fraction of sp³-hybridized carbons (Fsp3) is 0.391. The Bertz CT molecular complexity index is 997. The Hall–Kier alpha value is -3.64. The molecule has 2 heterocycles. The fourth-order valence-corrected chi connectivity index (χ4v) is 3.49. The molecular formula is C23H27N5O4. The van der Waals surface area contributed by atoms with Crippen molar-refractivity contribution in [2.75, 3.05) is 18.9 Å². The lowest BCUT2D eigenvalue weighted by Gasteiger charge is -2.27. The standard InChI is InChI=1S/C23H27N5O4/c1-4-9-17(26-20(29)15(2)24-3)23(31)28-13-8-12-19(28)22-27-18(14-32-22)21(30)25-16-10-6-5-7-11-16/h1,5-7,10-11,14-15,17,19,24H,8-9,12-13H2,2-3H3,(H,25,30)(H,26,29)/t15-,17-,19-/m0/s1. The molecule has 0 aliphatic carbocycles. The van der Waals surface area contributed by atoms with Crippen LogP contribution < -0.4 is 16.0 Å². The molecule has 3 atom stereocenters. The third-order valence-corrected chi connectivity index (χ3v) is 5.37. The van der Waals surface area contributed by atoms with Crippen molar-refractivity contribution in [2.45, 2.75) is 44.3 Å². The zero-order valence-corrected chi connectivity index (χ0v) is 18.1. The Morgan fingerprint density at radius 1 is 1.31 bits per heavy atom. The van der Waals surface area contributed by atoms with Gasteiger partial charge in [0.15, 0.2) is 5.69 Å². The van der Waals surface area contributed by atoms with Crippen LogP contribution in [0.2, 0.25) is 0 Å². The number of carbonyl (C=O) groups excluding carboxylic acids is 3. The van der Waals surface area contributed by atoms with Crippen molar-refractivity contribution in [1.29, 1.82) is 0 Å². The van der Waals surface area contributed by atoms with E-state index in [2.05, 4.69) is 26.9 Å². The molecule has 2 aromatic rings. The van der Waals surface area contributed by atoms with Crippen LogP contribution in [-0.2, 0) is 9.59 Å². The maximum Gasteiger partial charge on any atom is 0.277 e. The molecule has 1 aliphatic heterocycles. The quantitative estimate of drug-likeness (QED) is 0.542. The third kappa shape index (κ3) is 5.34. The minimum absolute atomic E-state index is 0.0700. The first kappa shape index (κ1) is 23.0. The summed E-state index contributed by atoms with van der Waals surface area (Å²) >= 11 is 0. The first-order valence-electron chi connectivity index (χ1n) is 10.5. The largest absolute Gasteiger partial charge is 0.446 e. The number of carbonyl (C=O) groups is 3. The number of hydrogen-bond donors (Lipinski definition) is 3. The Balaban J connectivity index is 1.71.